The molecule has 3 heteroatoms. The van der Waals surface area contributed by atoms with Crippen LogP contribution in [0.2, 0.25) is 0 Å². The van der Waals surface area contributed by atoms with Crippen LogP contribution in [-0.4, -0.2) is 18.7 Å². The number of rotatable bonds is 2. The van der Waals surface area contributed by atoms with Gasteiger partial charge in [-0.3, -0.25) is 9.59 Å². The number of nitrogens with one attached hydrogen (secondary N) is 1. The summed E-state index contributed by atoms with van der Waals surface area (Å²) in [4.78, 5) is 19.3. The van der Waals surface area contributed by atoms with Gasteiger partial charge in [0.15, 0.2) is 0 Å². The fourth-order valence-corrected chi connectivity index (χ4v) is 0.161. The van der Waals surface area contributed by atoms with Crippen LogP contribution in [0, 0.1) is 0 Å². The lowest BCUT2D eigenvalue weighted by Gasteiger charge is -1.87. The molecule has 0 unspecified atom stereocenters. The van der Waals surface area contributed by atoms with E-state index >= 15 is 0 Å². The largest absolute Gasteiger partial charge is 0.349 e. The lowest BCUT2D eigenvalue weighted by Crippen LogP contribution is -2.21. The molecule has 0 saturated carbocycles. The summed E-state index contributed by atoms with van der Waals surface area (Å²) >= 11 is 0. The highest BCUT2D eigenvalue weighted by molar-refractivity contribution is 5.75. The van der Waals surface area contributed by atoms with Crippen LogP contribution in [-0.2, 0) is 9.59 Å². The summed E-state index contributed by atoms with van der Waals surface area (Å²) in [5, 5.41) is 2.23. The number of hydrogen-bond donors (Lipinski definition) is 1. The summed E-state index contributed by atoms with van der Waals surface area (Å²) in [6.45, 7) is 1.34. The fourth-order valence-electron chi connectivity index (χ4n) is 0.161. The van der Waals surface area contributed by atoms with Crippen LogP contribution in [0.15, 0.2) is 0 Å². The molecule has 1 radical (unpaired) electrons. The number of amides is 1. The van der Waals surface area contributed by atoms with Gasteiger partial charge in [-0.1, -0.05) is 0 Å². The normalized spacial score (nSPS) is 7.57. The van der Waals surface area contributed by atoms with Crippen molar-refractivity contribution in [2.24, 2.45) is 0 Å². The van der Waals surface area contributed by atoms with Crippen molar-refractivity contribution in [3.8, 4) is 0 Å². The first-order valence-corrected chi connectivity index (χ1v) is 1.87. The summed E-state index contributed by atoms with van der Waals surface area (Å²) in [5.41, 5.74) is 0. The zero-order valence-corrected chi connectivity index (χ0v) is 4.02. The third-order valence-electron chi connectivity index (χ3n) is 0.410. The molecule has 0 aliphatic rings. The molecule has 0 atom stereocenters. The molecular formula is C4H6NO2. The molecule has 0 bridgehead atoms. The van der Waals surface area contributed by atoms with E-state index in [1.54, 1.807) is 0 Å². The van der Waals surface area contributed by atoms with Gasteiger partial charge in [-0.05, 0) is 0 Å². The summed E-state index contributed by atoms with van der Waals surface area (Å²) in [7, 11) is 0. The van der Waals surface area contributed by atoms with Crippen LogP contribution in [0.5, 0.6) is 0 Å². The van der Waals surface area contributed by atoms with Gasteiger partial charge in [-0.15, -0.1) is 0 Å². The first-order valence-electron chi connectivity index (χ1n) is 1.87. The Morgan fingerprint density at radius 2 is 2.43 bits per heavy atom. The average molecular weight is 100 g/mol. The van der Waals surface area contributed by atoms with E-state index in [2.05, 4.69) is 5.32 Å². The van der Waals surface area contributed by atoms with Crippen molar-refractivity contribution in [1.82, 2.24) is 5.32 Å². The Bertz CT molecular complexity index is 79.8. The van der Waals surface area contributed by atoms with Crippen LogP contribution < -0.4 is 5.32 Å². The van der Waals surface area contributed by atoms with E-state index in [4.69, 9.17) is 0 Å². The van der Waals surface area contributed by atoms with Crippen molar-refractivity contribution >= 4 is 12.2 Å². The molecule has 7 heavy (non-hydrogen) atoms. The van der Waals surface area contributed by atoms with Crippen molar-refractivity contribution in [2.45, 2.75) is 6.92 Å². The smallest absolute Gasteiger partial charge is 0.219 e. The number of carbonyl (C=O) groups is 1. The topological polar surface area (TPSA) is 46.2 Å². The van der Waals surface area contributed by atoms with Gasteiger partial charge in [-0.25, -0.2) is 0 Å². The van der Waals surface area contributed by atoms with E-state index in [1.807, 2.05) is 0 Å². The minimum atomic E-state index is -0.205. The van der Waals surface area contributed by atoms with Crippen molar-refractivity contribution in [3.05, 3.63) is 0 Å². The summed E-state index contributed by atoms with van der Waals surface area (Å²) in [6.07, 6.45) is 1.52. The van der Waals surface area contributed by atoms with Crippen LogP contribution >= 0.6 is 0 Å². The van der Waals surface area contributed by atoms with Gasteiger partial charge in [0.05, 0.1) is 6.54 Å². The maximum absolute atomic E-state index is 9.91. The average Bonchev–Trinajstić information content (AvgIpc) is 1.61. The highest BCUT2D eigenvalue weighted by atomic mass is 16.1. The zero-order valence-electron chi connectivity index (χ0n) is 4.02. The van der Waals surface area contributed by atoms with E-state index in [1.165, 1.54) is 13.2 Å². The molecule has 0 saturated heterocycles. The van der Waals surface area contributed by atoms with Gasteiger partial charge in [0.2, 0.25) is 12.2 Å². The van der Waals surface area contributed by atoms with Crippen LogP contribution in [0.3, 0.4) is 0 Å². The minimum Gasteiger partial charge on any atom is -0.349 e. The zero-order chi connectivity index (χ0) is 5.70. The molecule has 0 aromatic carbocycles. The van der Waals surface area contributed by atoms with E-state index < -0.39 is 0 Å². The molecule has 0 aromatic rings. The lowest BCUT2D eigenvalue weighted by atomic mass is 10.6. The van der Waals surface area contributed by atoms with Gasteiger partial charge >= 0.3 is 0 Å². The van der Waals surface area contributed by atoms with Gasteiger partial charge in [0, 0.05) is 6.92 Å². The maximum atomic E-state index is 9.91. The molecule has 1 N–H and O–H groups in total. The molecule has 0 spiro atoms. The van der Waals surface area contributed by atoms with Crippen LogP contribution in [0.4, 0.5) is 0 Å². The third-order valence-corrected chi connectivity index (χ3v) is 0.410. The molecule has 0 rings (SSSR count). The summed E-state index contributed by atoms with van der Waals surface area (Å²) < 4.78 is 0. The molecular weight excluding hydrogens is 94.0 g/mol. The third kappa shape index (κ3) is 5.14. The second-order valence-corrected chi connectivity index (χ2v) is 1.05. The molecule has 0 aliphatic heterocycles. The quantitative estimate of drug-likeness (QED) is 0.495. The molecule has 1 amide bonds. The first kappa shape index (κ1) is 6.14. The maximum Gasteiger partial charge on any atom is 0.219 e. The Kier molecular flexibility index (Phi) is 2.92. The lowest BCUT2D eigenvalue weighted by molar-refractivity contribution is -0.118. The van der Waals surface area contributed by atoms with E-state index in [0.29, 0.717) is 0 Å². The molecule has 0 fully saturated rings. The fraction of sp³-hybridized carbons (Fsp3) is 0.500. The number of carbonyl (C=O) groups excluding carboxylic acids is 2. The molecule has 3 nitrogen and oxygen atoms in total. The molecule has 0 aromatic heterocycles. The SMILES string of the molecule is CC(=O)NC[C]=O. The second-order valence-electron chi connectivity index (χ2n) is 1.05. The summed E-state index contributed by atoms with van der Waals surface area (Å²) in [5.74, 6) is -0.205. The van der Waals surface area contributed by atoms with Gasteiger partial charge in [0.1, 0.15) is 0 Å². The Morgan fingerprint density at radius 1 is 1.86 bits per heavy atom. The van der Waals surface area contributed by atoms with Crippen molar-refractivity contribution in [3.63, 3.8) is 0 Å². The van der Waals surface area contributed by atoms with Crippen molar-refractivity contribution in [2.75, 3.05) is 6.54 Å². The molecule has 39 valence electrons. The predicted octanol–water partition coefficient (Wildman–Crippen LogP) is -0.768. The van der Waals surface area contributed by atoms with E-state index in [9.17, 15) is 9.59 Å². The highest BCUT2D eigenvalue weighted by Crippen LogP contribution is 1.53. The standard InChI is InChI=1S/C4H6NO2/c1-4(7)5-2-3-6/h2H2,1H3,(H,5,7). The molecule has 0 heterocycles. The van der Waals surface area contributed by atoms with Gasteiger partial charge in [-0.2, -0.15) is 0 Å². The van der Waals surface area contributed by atoms with Crippen molar-refractivity contribution in [1.29, 1.82) is 0 Å². The van der Waals surface area contributed by atoms with Crippen molar-refractivity contribution < 1.29 is 9.59 Å². The first-order chi connectivity index (χ1) is 3.27. The monoisotopic (exact) mass is 100 g/mol. The van der Waals surface area contributed by atoms with Gasteiger partial charge in [0.25, 0.3) is 0 Å². The molecule has 0 aliphatic carbocycles. The predicted molar refractivity (Wildman–Crippen MR) is 24.4 cm³/mol. The Labute approximate surface area is 41.7 Å². The Balaban J connectivity index is 2.97. The van der Waals surface area contributed by atoms with E-state index in [-0.39, 0.29) is 12.5 Å². The van der Waals surface area contributed by atoms with Crippen LogP contribution in [0.1, 0.15) is 6.92 Å². The second kappa shape index (κ2) is 3.33. The Hall–Kier alpha value is -0.860. The van der Waals surface area contributed by atoms with E-state index in [0.717, 1.165) is 0 Å². The van der Waals surface area contributed by atoms with Crippen LogP contribution in [0.25, 0.3) is 0 Å². The Morgan fingerprint density at radius 3 is 2.57 bits per heavy atom. The van der Waals surface area contributed by atoms with Gasteiger partial charge < -0.3 is 5.32 Å². The number of hydrogen-bond acceptors (Lipinski definition) is 2. The highest BCUT2D eigenvalue weighted by Gasteiger charge is 1.84. The minimum absolute atomic E-state index is 0.00463. The summed E-state index contributed by atoms with van der Waals surface area (Å²) in [6, 6.07) is 0.